The van der Waals surface area contributed by atoms with Crippen LogP contribution in [0.4, 0.5) is 4.39 Å². The summed E-state index contributed by atoms with van der Waals surface area (Å²) in [6.45, 7) is 5.95. The maximum Gasteiger partial charge on any atom is 0.225 e. The van der Waals surface area contributed by atoms with Gasteiger partial charge in [0.05, 0.1) is 12.2 Å². The maximum atomic E-state index is 13.9. The van der Waals surface area contributed by atoms with Crippen LogP contribution in [0.1, 0.15) is 63.9 Å². The van der Waals surface area contributed by atoms with E-state index in [-0.39, 0.29) is 23.1 Å². The highest BCUT2D eigenvalue weighted by Crippen LogP contribution is 2.50. The van der Waals surface area contributed by atoms with Gasteiger partial charge in [-0.2, -0.15) is 0 Å². The normalized spacial score (nSPS) is 29.9. The molecule has 27 heavy (non-hydrogen) atoms. The minimum Gasteiger partial charge on any atom is -0.494 e. The number of carbonyl (C=O) groups excluding carboxylic acids is 1. The van der Waals surface area contributed by atoms with Crippen LogP contribution in [-0.2, 0) is 4.79 Å². The minimum absolute atomic E-state index is 0.0120. The summed E-state index contributed by atoms with van der Waals surface area (Å²) in [5.41, 5.74) is 0.651. The number of halogens is 1. The third-order valence-electron chi connectivity index (χ3n) is 6.81. The first kappa shape index (κ1) is 18.7. The third-order valence-corrected chi connectivity index (χ3v) is 6.81. The Bertz CT molecular complexity index is 708. The molecule has 1 N–H and O–H groups in total. The molecule has 2 aliphatic carbocycles. The summed E-state index contributed by atoms with van der Waals surface area (Å²) in [5, 5.41) is 9.85. The molecule has 1 saturated heterocycles. The van der Waals surface area contributed by atoms with Gasteiger partial charge in [0.15, 0.2) is 0 Å². The smallest absolute Gasteiger partial charge is 0.225 e. The van der Waals surface area contributed by atoms with Crippen molar-refractivity contribution in [3.63, 3.8) is 0 Å². The van der Waals surface area contributed by atoms with E-state index < -0.39 is 5.60 Å². The quantitative estimate of drug-likeness (QED) is 0.869. The van der Waals surface area contributed by atoms with E-state index in [2.05, 4.69) is 0 Å². The Labute approximate surface area is 160 Å². The standard InChI is InChI=1S/C22H30FNO3/c1-3-27-19-9-16(8-18(23)10-19)15-4-6-22(7-5-15)13-24(14-22)20(25)17-11-21(2,26)12-17/h8-10,15,17,26H,3-7,11-14H2,1-2H3/t17-,21+. The average molecular weight is 375 g/mol. The van der Waals surface area contributed by atoms with Crippen LogP contribution < -0.4 is 4.74 Å². The second-order valence-electron chi connectivity index (χ2n) is 9.22. The fourth-order valence-corrected chi connectivity index (χ4v) is 5.30. The number of hydrogen-bond acceptors (Lipinski definition) is 3. The summed E-state index contributed by atoms with van der Waals surface area (Å²) in [4.78, 5) is 14.5. The summed E-state index contributed by atoms with van der Waals surface area (Å²) in [6, 6.07) is 5.07. The summed E-state index contributed by atoms with van der Waals surface area (Å²) < 4.78 is 19.4. The van der Waals surface area contributed by atoms with Gasteiger partial charge in [0.2, 0.25) is 5.91 Å². The third kappa shape index (κ3) is 3.71. The van der Waals surface area contributed by atoms with E-state index >= 15 is 0 Å². The van der Waals surface area contributed by atoms with E-state index in [4.69, 9.17) is 4.74 Å². The van der Waals surface area contributed by atoms with Crippen LogP contribution in [0.25, 0.3) is 0 Å². The lowest BCUT2D eigenvalue weighted by Gasteiger charge is -2.55. The molecule has 0 atom stereocenters. The molecule has 1 amide bonds. The number of hydrogen-bond donors (Lipinski definition) is 1. The van der Waals surface area contributed by atoms with Crippen LogP contribution in [0.15, 0.2) is 18.2 Å². The number of benzene rings is 1. The van der Waals surface area contributed by atoms with Crippen LogP contribution >= 0.6 is 0 Å². The van der Waals surface area contributed by atoms with Crippen LogP contribution in [-0.4, -0.2) is 41.2 Å². The number of amides is 1. The van der Waals surface area contributed by atoms with Gasteiger partial charge in [0.1, 0.15) is 11.6 Å². The highest BCUT2D eigenvalue weighted by Gasteiger charge is 2.51. The summed E-state index contributed by atoms with van der Waals surface area (Å²) >= 11 is 0. The van der Waals surface area contributed by atoms with Gasteiger partial charge in [0.25, 0.3) is 0 Å². The van der Waals surface area contributed by atoms with Crippen LogP contribution in [0.2, 0.25) is 0 Å². The van der Waals surface area contributed by atoms with Crippen molar-refractivity contribution in [3.8, 4) is 5.75 Å². The first-order valence-corrected chi connectivity index (χ1v) is 10.2. The highest BCUT2D eigenvalue weighted by molar-refractivity contribution is 5.81. The SMILES string of the molecule is CCOc1cc(F)cc(C2CCC3(CC2)CN(C(=O)[C@H]2C[C@@](C)(O)C2)C3)c1. The Morgan fingerprint density at radius 1 is 1.26 bits per heavy atom. The molecule has 3 fully saturated rings. The molecule has 0 unspecified atom stereocenters. The lowest BCUT2D eigenvalue weighted by molar-refractivity contribution is -0.163. The van der Waals surface area contributed by atoms with Crippen molar-refractivity contribution in [1.29, 1.82) is 0 Å². The molecule has 4 rings (SSSR count). The predicted molar refractivity (Wildman–Crippen MR) is 101 cm³/mol. The predicted octanol–water partition coefficient (Wildman–Crippen LogP) is 3.87. The van der Waals surface area contributed by atoms with E-state index in [1.165, 1.54) is 6.07 Å². The molecule has 0 radical (unpaired) electrons. The molecule has 1 aromatic rings. The first-order valence-electron chi connectivity index (χ1n) is 10.2. The molecular weight excluding hydrogens is 345 g/mol. The van der Waals surface area contributed by atoms with E-state index in [1.54, 1.807) is 13.0 Å². The number of aliphatic hydroxyl groups is 1. The van der Waals surface area contributed by atoms with Crippen molar-refractivity contribution in [2.24, 2.45) is 11.3 Å². The fourth-order valence-electron chi connectivity index (χ4n) is 5.30. The fraction of sp³-hybridized carbons (Fsp3) is 0.682. The number of rotatable bonds is 4. The molecule has 1 spiro atoms. The number of carbonyl (C=O) groups is 1. The van der Waals surface area contributed by atoms with Gasteiger partial charge in [-0.05, 0) is 76.0 Å². The average Bonchev–Trinajstić information content (AvgIpc) is 2.57. The lowest BCUT2D eigenvalue weighted by atomic mass is 9.63. The lowest BCUT2D eigenvalue weighted by Crippen LogP contribution is -2.62. The molecule has 4 nitrogen and oxygen atoms in total. The molecule has 3 aliphatic rings. The van der Waals surface area contributed by atoms with Gasteiger partial charge >= 0.3 is 0 Å². The maximum absolute atomic E-state index is 13.9. The van der Waals surface area contributed by atoms with Gasteiger partial charge in [-0.3, -0.25) is 4.79 Å². The van der Waals surface area contributed by atoms with Gasteiger partial charge in [-0.15, -0.1) is 0 Å². The van der Waals surface area contributed by atoms with Crippen molar-refractivity contribution in [2.45, 2.75) is 63.9 Å². The molecule has 1 aliphatic heterocycles. The summed E-state index contributed by atoms with van der Waals surface area (Å²) in [7, 11) is 0. The summed E-state index contributed by atoms with van der Waals surface area (Å²) in [6.07, 6.45) is 5.44. The molecular formula is C22H30FNO3. The molecule has 1 aromatic carbocycles. The minimum atomic E-state index is -0.647. The zero-order chi connectivity index (χ0) is 19.2. The van der Waals surface area contributed by atoms with Gasteiger partial charge in [0, 0.05) is 30.5 Å². The number of nitrogens with zero attached hydrogens (tertiary/aromatic N) is 1. The molecule has 148 valence electrons. The Balaban J connectivity index is 1.31. The Kier molecular flexibility index (Phi) is 4.69. The van der Waals surface area contributed by atoms with Crippen molar-refractivity contribution >= 4 is 5.91 Å². The van der Waals surface area contributed by atoms with Crippen LogP contribution in [0, 0.1) is 17.2 Å². The first-order chi connectivity index (χ1) is 12.8. The summed E-state index contributed by atoms with van der Waals surface area (Å²) in [5.74, 6) is 0.994. The molecule has 0 bridgehead atoms. The van der Waals surface area contributed by atoms with E-state index in [0.717, 1.165) is 44.3 Å². The Hall–Kier alpha value is -1.62. The molecule has 5 heteroatoms. The van der Waals surface area contributed by atoms with Gasteiger partial charge in [-0.1, -0.05) is 0 Å². The van der Waals surface area contributed by atoms with Gasteiger partial charge in [-0.25, -0.2) is 4.39 Å². The van der Waals surface area contributed by atoms with Crippen LogP contribution in [0.3, 0.4) is 0 Å². The second-order valence-corrected chi connectivity index (χ2v) is 9.22. The zero-order valence-corrected chi connectivity index (χ0v) is 16.3. The number of ether oxygens (including phenoxy) is 1. The van der Waals surface area contributed by atoms with E-state index in [0.29, 0.717) is 31.1 Å². The van der Waals surface area contributed by atoms with Crippen molar-refractivity contribution in [2.75, 3.05) is 19.7 Å². The molecule has 0 aromatic heterocycles. The number of likely N-dealkylation sites (tertiary alicyclic amines) is 1. The van der Waals surface area contributed by atoms with Gasteiger partial charge < -0.3 is 14.7 Å². The highest BCUT2D eigenvalue weighted by atomic mass is 19.1. The van der Waals surface area contributed by atoms with E-state index in [9.17, 15) is 14.3 Å². The monoisotopic (exact) mass is 375 g/mol. The van der Waals surface area contributed by atoms with Crippen LogP contribution in [0.5, 0.6) is 5.75 Å². The molecule has 1 heterocycles. The van der Waals surface area contributed by atoms with E-state index in [1.807, 2.05) is 17.9 Å². The second kappa shape index (κ2) is 6.77. The van der Waals surface area contributed by atoms with Crippen molar-refractivity contribution in [1.82, 2.24) is 4.90 Å². The zero-order valence-electron chi connectivity index (χ0n) is 16.3. The van der Waals surface area contributed by atoms with Crippen molar-refractivity contribution < 1.29 is 19.0 Å². The molecule has 2 saturated carbocycles. The Morgan fingerprint density at radius 3 is 2.52 bits per heavy atom. The Morgan fingerprint density at radius 2 is 1.93 bits per heavy atom. The largest absolute Gasteiger partial charge is 0.494 e. The van der Waals surface area contributed by atoms with Crippen molar-refractivity contribution in [3.05, 3.63) is 29.6 Å². The topological polar surface area (TPSA) is 49.8 Å².